The van der Waals surface area contributed by atoms with Crippen LogP contribution in [0.2, 0.25) is 0 Å². The van der Waals surface area contributed by atoms with Crippen molar-refractivity contribution in [2.24, 2.45) is 0 Å². The molecule has 0 fully saturated rings. The molecule has 0 unspecified atom stereocenters. The highest BCUT2D eigenvalue weighted by Gasteiger charge is 2.16. The van der Waals surface area contributed by atoms with Crippen LogP contribution in [-0.4, -0.2) is 14.5 Å². The number of nitrogens with zero attached hydrogens (tertiary/aromatic N) is 3. The minimum absolute atomic E-state index is 0.0577. The van der Waals surface area contributed by atoms with E-state index in [1.54, 1.807) is 6.92 Å². The summed E-state index contributed by atoms with van der Waals surface area (Å²) >= 11 is 0. The van der Waals surface area contributed by atoms with E-state index in [9.17, 15) is 14.9 Å². The second kappa shape index (κ2) is 2.66. The maximum Gasteiger partial charge on any atom is 0.391 e. The third kappa shape index (κ3) is 1.15. The van der Waals surface area contributed by atoms with E-state index in [2.05, 4.69) is 5.10 Å². The van der Waals surface area contributed by atoms with Crippen LogP contribution in [0.1, 0.15) is 5.76 Å². The van der Waals surface area contributed by atoms with Crippen LogP contribution in [0.3, 0.4) is 0 Å². The first-order chi connectivity index (χ1) is 6.58. The highest BCUT2D eigenvalue weighted by atomic mass is 16.6. The smallest absolute Gasteiger partial charge is 0.391 e. The van der Waals surface area contributed by atoms with E-state index in [-0.39, 0.29) is 11.3 Å². The van der Waals surface area contributed by atoms with Crippen LogP contribution in [0.4, 0.5) is 5.82 Å². The van der Waals surface area contributed by atoms with Gasteiger partial charge in [-0.15, -0.1) is 4.52 Å². The molecule has 0 bridgehead atoms. The summed E-state index contributed by atoms with van der Waals surface area (Å²) in [6.45, 7) is 1.56. The molecular weight excluding hydrogens is 190 g/mol. The van der Waals surface area contributed by atoms with Gasteiger partial charge < -0.3 is 14.5 Å². The molecule has 0 N–H and O–H groups in total. The highest BCUT2D eigenvalue weighted by Crippen LogP contribution is 2.10. The Labute approximate surface area is 76.7 Å². The fourth-order valence-electron chi connectivity index (χ4n) is 1.12. The second-order valence-electron chi connectivity index (χ2n) is 2.72. The van der Waals surface area contributed by atoms with Gasteiger partial charge in [-0.05, 0) is 11.8 Å². The number of aromatic nitrogens is 2. The van der Waals surface area contributed by atoms with Crippen LogP contribution in [0.15, 0.2) is 21.5 Å². The van der Waals surface area contributed by atoms with Crippen LogP contribution in [0.5, 0.6) is 0 Å². The van der Waals surface area contributed by atoms with Crippen LogP contribution >= 0.6 is 0 Å². The number of rotatable bonds is 1. The van der Waals surface area contributed by atoms with Gasteiger partial charge in [0.05, 0.1) is 17.4 Å². The lowest BCUT2D eigenvalue weighted by molar-refractivity contribution is -0.389. The Balaban J connectivity index is 2.83. The topological polar surface area (TPSA) is 90.6 Å². The van der Waals surface area contributed by atoms with E-state index < -0.39 is 10.5 Å². The Morgan fingerprint density at radius 3 is 3.00 bits per heavy atom. The van der Waals surface area contributed by atoms with Crippen molar-refractivity contribution in [1.29, 1.82) is 0 Å². The van der Waals surface area contributed by atoms with Gasteiger partial charge in [0.15, 0.2) is 5.52 Å². The Bertz CT molecular complexity index is 568. The lowest BCUT2D eigenvalue weighted by Crippen LogP contribution is -2.04. The van der Waals surface area contributed by atoms with Gasteiger partial charge in [0.1, 0.15) is 5.76 Å². The summed E-state index contributed by atoms with van der Waals surface area (Å²) < 4.78 is 5.88. The predicted molar refractivity (Wildman–Crippen MR) is 45.1 cm³/mol. The fourth-order valence-corrected chi connectivity index (χ4v) is 1.12. The van der Waals surface area contributed by atoms with Crippen molar-refractivity contribution in [3.05, 3.63) is 38.6 Å². The molecule has 2 rings (SSSR count). The Hall–Kier alpha value is -2.18. The van der Waals surface area contributed by atoms with E-state index in [0.717, 1.165) is 10.6 Å². The molecule has 14 heavy (non-hydrogen) atoms. The maximum absolute atomic E-state index is 11.2. The average molecular weight is 195 g/mol. The summed E-state index contributed by atoms with van der Waals surface area (Å²) in [5.74, 6) is -0.0246. The van der Waals surface area contributed by atoms with Crippen molar-refractivity contribution in [3.63, 3.8) is 0 Å². The Morgan fingerprint density at radius 2 is 2.36 bits per heavy atom. The number of hydrogen-bond acceptors (Lipinski definition) is 5. The maximum atomic E-state index is 11.2. The van der Waals surface area contributed by atoms with E-state index in [1.807, 2.05) is 0 Å². The largest absolute Gasteiger partial charge is 0.425 e. The van der Waals surface area contributed by atoms with Crippen LogP contribution in [0.25, 0.3) is 5.52 Å². The second-order valence-corrected chi connectivity index (χ2v) is 2.72. The van der Waals surface area contributed by atoms with E-state index in [1.165, 1.54) is 6.20 Å². The quantitative estimate of drug-likeness (QED) is 0.488. The summed E-state index contributed by atoms with van der Waals surface area (Å²) in [5.41, 5.74) is -0.576. The molecule has 0 spiro atoms. The molecular formula is C7H5N3O4. The molecule has 2 aromatic rings. The molecule has 0 aliphatic carbocycles. The standard InChI is InChI=1S/C7H5N3O4/c1-4-3-9-5(7(11)14-4)2-6(8-9)10(12)13/h2-3H,1H3. The SMILES string of the molecule is Cc1cn2nc([N+](=O)[O-])cc2c(=O)o1. The van der Waals surface area contributed by atoms with Crippen LogP contribution < -0.4 is 5.63 Å². The molecule has 7 heteroatoms. The number of hydrogen-bond donors (Lipinski definition) is 0. The van der Waals surface area contributed by atoms with Crippen molar-refractivity contribution < 1.29 is 9.34 Å². The summed E-state index contributed by atoms with van der Waals surface area (Å²) in [5, 5.41) is 14.0. The van der Waals surface area contributed by atoms with Crippen molar-refractivity contribution >= 4 is 11.3 Å². The van der Waals surface area contributed by atoms with Gasteiger partial charge >= 0.3 is 11.4 Å². The van der Waals surface area contributed by atoms with Crippen molar-refractivity contribution in [2.75, 3.05) is 0 Å². The molecule has 0 radical (unpaired) electrons. The third-order valence-corrected chi connectivity index (χ3v) is 1.68. The number of nitro groups is 1. The highest BCUT2D eigenvalue weighted by molar-refractivity contribution is 5.48. The van der Waals surface area contributed by atoms with E-state index in [0.29, 0.717) is 5.76 Å². The summed E-state index contributed by atoms with van der Waals surface area (Å²) in [6, 6.07) is 1.07. The molecule has 0 aliphatic rings. The van der Waals surface area contributed by atoms with E-state index in [4.69, 9.17) is 4.42 Å². The minimum atomic E-state index is -0.665. The molecule has 2 aromatic heterocycles. The Morgan fingerprint density at radius 1 is 1.64 bits per heavy atom. The minimum Gasteiger partial charge on any atom is -0.425 e. The van der Waals surface area contributed by atoms with Gasteiger partial charge in [0, 0.05) is 0 Å². The first-order valence-electron chi connectivity index (χ1n) is 3.72. The summed E-state index contributed by atoms with van der Waals surface area (Å²) in [6.07, 6.45) is 1.41. The van der Waals surface area contributed by atoms with Gasteiger partial charge in [0.25, 0.3) is 0 Å². The number of fused-ring (bicyclic) bond motifs is 1. The normalized spacial score (nSPS) is 10.6. The first-order valence-corrected chi connectivity index (χ1v) is 3.72. The molecule has 2 heterocycles. The lowest BCUT2D eigenvalue weighted by atomic mass is 10.5. The van der Waals surface area contributed by atoms with Crippen molar-refractivity contribution in [1.82, 2.24) is 9.61 Å². The first kappa shape index (κ1) is 8.42. The van der Waals surface area contributed by atoms with Crippen LogP contribution in [-0.2, 0) is 0 Å². The average Bonchev–Trinajstić information content (AvgIpc) is 2.47. The summed E-state index contributed by atoms with van der Waals surface area (Å²) in [7, 11) is 0. The lowest BCUT2D eigenvalue weighted by Gasteiger charge is -1.88. The van der Waals surface area contributed by atoms with Crippen molar-refractivity contribution in [2.45, 2.75) is 6.92 Å². The zero-order valence-electron chi connectivity index (χ0n) is 7.13. The third-order valence-electron chi connectivity index (χ3n) is 1.68. The monoisotopic (exact) mass is 195 g/mol. The number of aryl methyl sites for hydroxylation is 1. The van der Waals surface area contributed by atoms with Gasteiger partial charge in [-0.3, -0.25) is 0 Å². The zero-order valence-corrected chi connectivity index (χ0v) is 7.13. The molecule has 0 aromatic carbocycles. The Kier molecular flexibility index (Phi) is 1.60. The zero-order chi connectivity index (χ0) is 10.3. The van der Waals surface area contributed by atoms with Crippen LogP contribution in [0, 0.1) is 17.0 Å². The molecule has 0 atom stereocenters. The van der Waals surface area contributed by atoms with Crippen molar-refractivity contribution in [3.8, 4) is 0 Å². The molecule has 0 amide bonds. The van der Waals surface area contributed by atoms with Gasteiger partial charge in [-0.1, -0.05) is 0 Å². The van der Waals surface area contributed by atoms with E-state index >= 15 is 0 Å². The molecule has 7 nitrogen and oxygen atoms in total. The summed E-state index contributed by atoms with van der Waals surface area (Å²) in [4.78, 5) is 20.9. The predicted octanol–water partition coefficient (Wildman–Crippen LogP) is 0.504. The van der Waals surface area contributed by atoms with Gasteiger partial charge in [-0.25, -0.2) is 4.79 Å². The molecule has 0 aliphatic heterocycles. The molecule has 72 valence electrons. The molecule has 0 saturated heterocycles. The fraction of sp³-hybridized carbons (Fsp3) is 0.143. The molecule has 0 saturated carbocycles. The van der Waals surface area contributed by atoms with Gasteiger partial charge in [-0.2, -0.15) is 0 Å². The van der Waals surface area contributed by atoms with Gasteiger partial charge in [0.2, 0.25) is 0 Å².